The summed E-state index contributed by atoms with van der Waals surface area (Å²) >= 11 is 6.09. The maximum Gasteiger partial charge on any atom is 0.0842 e. The van der Waals surface area contributed by atoms with Crippen molar-refractivity contribution in [2.75, 3.05) is 0 Å². The summed E-state index contributed by atoms with van der Waals surface area (Å²) < 4.78 is 0. The van der Waals surface area contributed by atoms with Crippen molar-refractivity contribution in [2.45, 2.75) is 38.4 Å². The zero-order chi connectivity index (χ0) is 24.0. The van der Waals surface area contributed by atoms with Crippen molar-refractivity contribution in [3.8, 4) is 0 Å². The van der Waals surface area contributed by atoms with Crippen molar-refractivity contribution < 1.29 is 10.2 Å². The molecule has 0 radical (unpaired) electrons. The van der Waals surface area contributed by atoms with Crippen LogP contribution in [0.3, 0.4) is 0 Å². The molecule has 0 fully saturated rings. The molecule has 0 aliphatic carbocycles. The number of aliphatic hydroxyl groups excluding tert-OH is 1. The first-order chi connectivity index (χ1) is 15.7. The topological polar surface area (TPSA) is 53.4 Å². The van der Waals surface area contributed by atoms with Crippen LogP contribution in [-0.2, 0) is 0 Å². The minimum Gasteiger partial charge on any atom is -0.388 e. The molecule has 1 heterocycles. The Morgan fingerprint density at radius 1 is 1.06 bits per heavy atom. The number of halogens is 1. The molecular formula is C29H30ClNO2. The number of fused-ring (bicyclic) bond motifs is 1. The highest BCUT2D eigenvalue weighted by atomic mass is 35.5. The Morgan fingerprint density at radius 2 is 1.82 bits per heavy atom. The lowest BCUT2D eigenvalue weighted by Crippen LogP contribution is -2.22. The average molecular weight is 460 g/mol. The van der Waals surface area contributed by atoms with E-state index in [0.29, 0.717) is 17.9 Å². The molecule has 3 nitrogen and oxygen atoms in total. The summed E-state index contributed by atoms with van der Waals surface area (Å²) in [5.74, 6) is 0. The Bertz CT molecular complexity index is 1220. The number of pyridine rings is 1. The monoisotopic (exact) mass is 459 g/mol. The summed E-state index contributed by atoms with van der Waals surface area (Å²) in [6, 6.07) is 17.5. The normalized spacial score (nSPS) is 13.7. The van der Waals surface area contributed by atoms with Crippen LogP contribution < -0.4 is 0 Å². The van der Waals surface area contributed by atoms with Crippen LogP contribution in [0.2, 0.25) is 5.02 Å². The standard InChI is InChI=1S/C29H30ClNO2/c1-5-21(26(6-2)29(3,4)33)13-17-28(32)23-9-7-8-20(18-23)10-15-25-16-12-22-11-14-24(30)19-27(22)31-25/h5-12,14-16,18-19,28,32-33H,1-2,13,17H2,3-4H3/b15-10+,26-21-. The largest absolute Gasteiger partial charge is 0.388 e. The predicted octanol–water partition coefficient (Wildman–Crippen LogP) is 7.31. The second kappa shape index (κ2) is 10.8. The quantitative estimate of drug-likeness (QED) is 0.330. The summed E-state index contributed by atoms with van der Waals surface area (Å²) in [5, 5.41) is 22.8. The minimum absolute atomic E-state index is 0.509. The third-order valence-corrected chi connectivity index (χ3v) is 5.80. The zero-order valence-electron chi connectivity index (χ0n) is 19.1. The van der Waals surface area contributed by atoms with E-state index < -0.39 is 11.7 Å². The van der Waals surface area contributed by atoms with Crippen molar-refractivity contribution in [3.63, 3.8) is 0 Å². The molecule has 1 atom stereocenters. The first kappa shape index (κ1) is 24.7. The maximum absolute atomic E-state index is 10.8. The van der Waals surface area contributed by atoms with Crippen molar-refractivity contribution in [1.82, 2.24) is 4.98 Å². The third kappa shape index (κ3) is 6.52. The zero-order valence-corrected chi connectivity index (χ0v) is 19.9. The van der Waals surface area contributed by atoms with Gasteiger partial charge in [0.2, 0.25) is 0 Å². The Kier molecular flexibility index (Phi) is 8.04. The van der Waals surface area contributed by atoms with Crippen LogP contribution in [0.25, 0.3) is 23.1 Å². The van der Waals surface area contributed by atoms with E-state index in [2.05, 4.69) is 18.1 Å². The van der Waals surface area contributed by atoms with E-state index in [-0.39, 0.29) is 0 Å². The first-order valence-corrected chi connectivity index (χ1v) is 11.3. The molecular weight excluding hydrogens is 430 g/mol. The number of rotatable bonds is 9. The van der Waals surface area contributed by atoms with Gasteiger partial charge in [-0.15, -0.1) is 0 Å². The van der Waals surface area contributed by atoms with E-state index in [4.69, 9.17) is 11.6 Å². The smallest absolute Gasteiger partial charge is 0.0842 e. The van der Waals surface area contributed by atoms with Crippen molar-refractivity contribution in [1.29, 1.82) is 0 Å². The highest BCUT2D eigenvalue weighted by Gasteiger charge is 2.20. The Hall–Kier alpha value is -2.98. The number of benzene rings is 2. The highest BCUT2D eigenvalue weighted by molar-refractivity contribution is 6.31. The molecule has 1 unspecified atom stereocenters. The van der Waals surface area contributed by atoms with Gasteiger partial charge in [0.05, 0.1) is 22.9 Å². The Balaban J connectivity index is 1.74. The van der Waals surface area contributed by atoms with Crippen LogP contribution in [0, 0.1) is 0 Å². The van der Waals surface area contributed by atoms with Gasteiger partial charge in [-0.3, -0.25) is 0 Å². The van der Waals surface area contributed by atoms with Crippen LogP contribution >= 0.6 is 11.6 Å². The van der Waals surface area contributed by atoms with Crippen molar-refractivity contribution in [3.05, 3.63) is 113 Å². The van der Waals surface area contributed by atoms with Gasteiger partial charge in [0, 0.05) is 10.4 Å². The predicted molar refractivity (Wildman–Crippen MR) is 140 cm³/mol. The fourth-order valence-electron chi connectivity index (χ4n) is 3.83. The van der Waals surface area contributed by atoms with Crippen LogP contribution in [0.4, 0.5) is 0 Å². The fourth-order valence-corrected chi connectivity index (χ4v) is 4.00. The number of nitrogens with zero attached hydrogens (tertiary/aromatic N) is 1. The number of allylic oxidation sites excluding steroid dienone is 2. The molecule has 2 N–H and O–H groups in total. The van der Waals surface area contributed by atoms with E-state index >= 15 is 0 Å². The van der Waals surface area contributed by atoms with Gasteiger partial charge in [0.25, 0.3) is 0 Å². The molecule has 3 aromatic rings. The summed E-state index contributed by atoms with van der Waals surface area (Å²) in [7, 11) is 0. The molecule has 0 aliphatic heterocycles. The second-order valence-corrected chi connectivity index (χ2v) is 8.97. The second-order valence-electron chi connectivity index (χ2n) is 8.54. The molecule has 0 saturated carbocycles. The molecule has 0 saturated heterocycles. The van der Waals surface area contributed by atoms with E-state index in [0.717, 1.165) is 38.9 Å². The summed E-state index contributed by atoms with van der Waals surface area (Å²) in [6.45, 7) is 11.1. The molecule has 33 heavy (non-hydrogen) atoms. The van der Waals surface area contributed by atoms with E-state index in [1.165, 1.54) is 0 Å². The van der Waals surface area contributed by atoms with Gasteiger partial charge >= 0.3 is 0 Å². The van der Waals surface area contributed by atoms with Crippen LogP contribution in [0.5, 0.6) is 0 Å². The number of aliphatic hydroxyl groups is 2. The van der Waals surface area contributed by atoms with E-state index in [1.54, 1.807) is 26.0 Å². The number of aromatic nitrogens is 1. The molecule has 0 bridgehead atoms. The summed E-state index contributed by atoms with van der Waals surface area (Å²) in [4.78, 5) is 4.65. The van der Waals surface area contributed by atoms with Gasteiger partial charge in [0.15, 0.2) is 0 Å². The summed E-state index contributed by atoms with van der Waals surface area (Å²) in [5.41, 5.74) is 4.10. The maximum atomic E-state index is 10.8. The molecule has 0 aliphatic rings. The minimum atomic E-state index is -1.01. The van der Waals surface area contributed by atoms with Crippen molar-refractivity contribution in [2.24, 2.45) is 0 Å². The van der Waals surface area contributed by atoms with E-state index in [9.17, 15) is 10.2 Å². The van der Waals surface area contributed by atoms with Crippen molar-refractivity contribution >= 4 is 34.7 Å². The van der Waals surface area contributed by atoms with Gasteiger partial charge < -0.3 is 10.2 Å². The van der Waals surface area contributed by atoms with Gasteiger partial charge in [-0.05, 0) is 79.3 Å². The van der Waals surface area contributed by atoms with Crippen LogP contribution in [-0.4, -0.2) is 20.8 Å². The summed E-state index contributed by atoms with van der Waals surface area (Å²) in [6.07, 6.45) is 7.77. The van der Waals surface area contributed by atoms with Gasteiger partial charge in [0.1, 0.15) is 0 Å². The third-order valence-electron chi connectivity index (χ3n) is 5.56. The fraction of sp³-hybridized carbons (Fsp3) is 0.207. The van der Waals surface area contributed by atoms with Crippen LogP contribution in [0.15, 0.2) is 91.1 Å². The average Bonchev–Trinajstić information content (AvgIpc) is 2.79. The highest BCUT2D eigenvalue weighted by Crippen LogP contribution is 2.28. The first-order valence-electron chi connectivity index (χ1n) is 10.9. The molecule has 4 heteroatoms. The number of hydrogen-bond acceptors (Lipinski definition) is 3. The van der Waals surface area contributed by atoms with E-state index in [1.807, 2.05) is 66.7 Å². The molecule has 0 amide bonds. The molecule has 170 valence electrons. The Labute approximate surface area is 201 Å². The molecule has 3 rings (SSSR count). The van der Waals surface area contributed by atoms with Gasteiger partial charge in [-0.25, -0.2) is 4.98 Å². The molecule has 0 spiro atoms. The lowest BCUT2D eigenvalue weighted by molar-refractivity contribution is 0.122. The Morgan fingerprint density at radius 3 is 2.52 bits per heavy atom. The van der Waals surface area contributed by atoms with Gasteiger partial charge in [-0.1, -0.05) is 73.3 Å². The SMILES string of the molecule is C=C/C(CCC(O)c1cccc(/C=C/c2ccc3ccc(Cl)cc3n2)c1)=C(\C=C)C(C)(C)O. The molecule has 2 aromatic carbocycles. The van der Waals surface area contributed by atoms with Crippen LogP contribution in [0.1, 0.15) is 49.6 Å². The lowest BCUT2D eigenvalue weighted by Gasteiger charge is -2.23. The number of hydrogen-bond donors (Lipinski definition) is 2. The van der Waals surface area contributed by atoms with Gasteiger partial charge in [-0.2, -0.15) is 0 Å². The lowest BCUT2D eigenvalue weighted by atomic mass is 9.89. The molecule has 1 aromatic heterocycles.